The molecule has 3 nitrogen and oxygen atoms in total. The van der Waals surface area contributed by atoms with Gasteiger partial charge in [-0.1, -0.05) is 26.0 Å². The van der Waals surface area contributed by atoms with Gasteiger partial charge in [-0.25, -0.2) is 0 Å². The summed E-state index contributed by atoms with van der Waals surface area (Å²) in [5, 5.41) is 3.16. The smallest absolute Gasteiger partial charge is 0.130 e. The topological polar surface area (TPSA) is 50.4 Å². The third-order valence-corrected chi connectivity index (χ3v) is 3.54. The summed E-state index contributed by atoms with van der Waals surface area (Å²) in [6.07, 6.45) is 9.90. The second-order valence-corrected chi connectivity index (χ2v) is 4.83. The van der Waals surface area contributed by atoms with Gasteiger partial charge in [0.1, 0.15) is 6.17 Å². The zero-order chi connectivity index (χ0) is 11.5. The number of nitrogens with one attached hydrogen (secondary N) is 1. The molecule has 0 aromatic rings. The van der Waals surface area contributed by atoms with Gasteiger partial charge in [0.05, 0.1) is 0 Å². The Hall–Kier alpha value is -1.09. The van der Waals surface area contributed by atoms with Crippen LogP contribution in [0.4, 0.5) is 0 Å². The average molecular weight is 219 g/mol. The van der Waals surface area contributed by atoms with Gasteiger partial charge in [-0.2, -0.15) is 0 Å². The Kier molecular flexibility index (Phi) is 3.44. The Labute approximate surface area is 97.5 Å². The Morgan fingerprint density at radius 2 is 2.31 bits per heavy atom. The maximum Gasteiger partial charge on any atom is 0.130 e. The Morgan fingerprint density at radius 3 is 3.00 bits per heavy atom. The molecule has 3 heteroatoms. The largest absolute Gasteiger partial charge is 0.369 e. The Bertz CT molecular complexity index is 330. The molecule has 1 heterocycles. The molecule has 0 aromatic heterocycles. The number of hydrogen-bond acceptors (Lipinski definition) is 3. The van der Waals surface area contributed by atoms with Gasteiger partial charge in [0.15, 0.2) is 0 Å². The van der Waals surface area contributed by atoms with Crippen molar-refractivity contribution in [3.05, 3.63) is 24.4 Å². The fourth-order valence-electron chi connectivity index (χ4n) is 2.68. The minimum absolute atomic E-state index is 0.0605. The van der Waals surface area contributed by atoms with Crippen molar-refractivity contribution in [1.82, 2.24) is 5.32 Å². The first-order valence-electron chi connectivity index (χ1n) is 6.09. The van der Waals surface area contributed by atoms with Gasteiger partial charge in [-0.3, -0.25) is 4.99 Å². The van der Waals surface area contributed by atoms with Crippen LogP contribution in [0.1, 0.15) is 20.3 Å². The quantitative estimate of drug-likeness (QED) is 0.694. The van der Waals surface area contributed by atoms with Crippen molar-refractivity contribution in [2.45, 2.75) is 26.4 Å². The van der Waals surface area contributed by atoms with Gasteiger partial charge in [0, 0.05) is 18.2 Å². The molecule has 1 aliphatic carbocycles. The van der Waals surface area contributed by atoms with E-state index in [1.807, 2.05) is 6.20 Å². The summed E-state index contributed by atoms with van der Waals surface area (Å²) in [4.78, 5) is 4.68. The summed E-state index contributed by atoms with van der Waals surface area (Å²) in [5.41, 5.74) is 6.85. The van der Waals surface area contributed by atoms with E-state index in [-0.39, 0.29) is 6.17 Å². The molecule has 0 fully saturated rings. The predicted molar refractivity (Wildman–Crippen MR) is 68.1 cm³/mol. The van der Waals surface area contributed by atoms with Crippen LogP contribution in [0.15, 0.2) is 29.4 Å². The molecule has 0 bridgehead atoms. The Morgan fingerprint density at radius 1 is 1.50 bits per heavy atom. The molecule has 16 heavy (non-hydrogen) atoms. The third kappa shape index (κ3) is 2.19. The van der Waals surface area contributed by atoms with Gasteiger partial charge in [-0.05, 0) is 30.5 Å². The van der Waals surface area contributed by atoms with E-state index in [0.29, 0.717) is 24.3 Å². The molecule has 2 aliphatic rings. The van der Waals surface area contributed by atoms with Crippen LogP contribution in [-0.2, 0) is 0 Å². The maximum absolute atomic E-state index is 5.65. The molecule has 0 spiro atoms. The molecule has 0 radical (unpaired) electrons. The highest BCUT2D eigenvalue weighted by atomic mass is 15.1. The van der Waals surface area contributed by atoms with Crippen LogP contribution in [-0.4, -0.2) is 18.4 Å². The lowest BCUT2D eigenvalue weighted by Crippen LogP contribution is -2.38. The van der Waals surface area contributed by atoms with Gasteiger partial charge in [0.25, 0.3) is 0 Å². The number of aliphatic imine (C=N–C) groups is 1. The first kappa shape index (κ1) is 11.4. The second-order valence-electron chi connectivity index (χ2n) is 4.83. The molecule has 1 aliphatic heterocycles. The molecule has 3 N–H and O–H groups in total. The lowest BCUT2D eigenvalue weighted by Gasteiger charge is -2.33. The van der Waals surface area contributed by atoms with Crippen LogP contribution in [0.3, 0.4) is 0 Å². The minimum Gasteiger partial charge on any atom is -0.369 e. The van der Waals surface area contributed by atoms with E-state index in [1.165, 1.54) is 5.71 Å². The second kappa shape index (κ2) is 4.83. The van der Waals surface area contributed by atoms with Gasteiger partial charge in [0.2, 0.25) is 0 Å². The summed E-state index contributed by atoms with van der Waals surface area (Å²) in [5.74, 6) is 1.78. The van der Waals surface area contributed by atoms with E-state index in [2.05, 4.69) is 42.4 Å². The van der Waals surface area contributed by atoms with E-state index in [0.717, 1.165) is 6.42 Å². The molecular weight excluding hydrogens is 198 g/mol. The van der Waals surface area contributed by atoms with Crippen molar-refractivity contribution in [2.24, 2.45) is 28.5 Å². The van der Waals surface area contributed by atoms with Crippen molar-refractivity contribution >= 4 is 5.71 Å². The fraction of sp³-hybridized carbons (Fsp3) is 0.615. The molecule has 4 atom stereocenters. The first-order valence-corrected chi connectivity index (χ1v) is 6.09. The van der Waals surface area contributed by atoms with Gasteiger partial charge < -0.3 is 11.1 Å². The third-order valence-electron chi connectivity index (χ3n) is 3.54. The van der Waals surface area contributed by atoms with Gasteiger partial charge >= 0.3 is 0 Å². The van der Waals surface area contributed by atoms with Crippen molar-refractivity contribution in [3.63, 3.8) is 0 Å². The summed E-state index contributed by atoms with van der Waals surface area (Å²) in [7, 11) is 0. The number of allylic oxidation sites excluding steroid dienone is 3. The molecule has 88 valence electrons. The minimum atomic E-state index is 0.0605. The van der Waals surface area contributed by atoms with Crippen molar-refractivity contribution in [3.8, 4) is 0 Å². The molecule has 0 saturated heterocycles. The molecule has 0 saturated carbocycles. The van der Waals surface area contributed by atoms with Crippen LogP contribution in [0, 0.1) is 17.8 Å². The van der Waals surface area contributed by atoms with Crippen LogP contribution in [0.25, 0.3) is 0 Å². The summed E-state index contributed by atoms with van der Waals surface area (Å²) in [6, 6.07) is 0. The molecule has 0 amide bonds. The highest BCUT2D eigenvalue weighted by Gasteiger charge is 2.29. The monoisotopic (exact) mass is 219 g/mol. The standard InChI is InChI=1S/C13H21N3/c1-9-4-3-5-10(2)13(9)11-6-7-15-12(8-14)16-11/h3-4,6-7,9-10,12-13,15H,5,8,14H2,1-2H3/t9?,10?,12-,13?/m0/s1. The molecule has 2 rings (SSSR count). The number of nitrogens with two attached hydrogens (primary N) is 1. The lowest BCUT2D eigenvalue weighted by atomic mass is 9.74. The van der Waals surface area contributed by atoms with Crippen molar-refractivity contribution < 1.29 is 0 Å². The van der Waals surface area contributed by atoms with E-state index < -0.39 is 0 Å². The lowest BCUT2D eigenvalue weighted by molar-refractivity contribution is 0.364. The van der Waals surface area contributed by atoms with E-state index >= 15 is 0 Å². The first-order chi connectivity index (χ1) is 7.72. The van der Waals surface area contributed by atoms with Crippen molar-refractivity contribution in [2.75, 3.05) is 6.54 Å². The zero-order valence-corrected chi connectivity index (χ0v) is 10.1. The van der Waals surface area contributed by atoms with Crippen LogP contribution >= 0.6 is 0 Å². The number of nitrogens with zero attached hydrogens (tertiary/aromatic N) is 1. The SMILES string of the molecule is CC1C=CCC(C)C1C1=N[C@@H](CN)NC=C1. The Balaban J connectivity index is 2.19. The van der Waals surface area contributed by atoms with Crippen molar-refractivity contribution in [1.29, 1.82) is 0 Å². The average Bonchev–Trinajstić information content (AvgIpc) is 2.29. The van der Waals surface area contributed by atoms with Crippen LogP contribution in [0.2, 0.25) is 0 Å². The van der Waals surface area contributed by atoms with E-state index in [9.17, 15) is 0 Å². The normalized spacial score (nSPS) is 38.1. The fourth-order valence-corrected chi connectivity index (χ4v) is 2.68. The highest BCUT2D eigenvalue weighted by Crippen LogP contribution is 2.32. The zero-order valence-electron chi connectivity index (χ0n) is 10.1. The van der Waals surface area contributed by atoms with E-state index in [4.69, 9.17) is 5.73 Å². The van der Waals surface area contributed by atoms with Gasteiger partial charge in [-0.15, -0.1) is 0 Å². The molecule has 3 unspecified atom stereocenters. The highest BCUT2D eigenvalue weighted by molar-refractivity contribution is 5.98. The number of hydrogen-bond donors (Lipinski definition) is 2. The van der Waals surface area contributed by atoms with Crippen LogP contribution in [0.5, 0.6) is 0 Å². The van der Waals surface area contributed by atoms with Crippen LogP contribution < -0.4 is 11.1 Å². The number of rotatable bonds is 2. The predicted octanol–water partition coefficient (Wildman–Crippen LogP) is 1.68. The molecule has 0 aromatic carbocycles. The summed E-state index contributed by atoms with van der Waals surface area (Å²) >= 11 is 0. The van der Waals surface area contributed by atoms with E-state index in [1.54, 1.807) is 0 Å². The summed E-state index contributed by atoms with van der Waals surface area (Å²) < 4.78 is 0. The molecular formula is C13H21N3. The summed E-state index contributed by atoms with van der Waals surface area (Å²) in [6.45, 7) is 5.13. The maximum atomic E-state index is 5.65.